The molecular formula is C13H19NO5. The second kappa shape index (κ2) is 8.31. The summed E-state index contributed by atoms with van der Waals surface area (Å²) in [5.74, 6) is -1.21. The molecule has 0 aliphatic rings. The van der Waals surface area contributed by atoms with E-state index in [1.807, 2.05) is 0 Å². The summed E-state index contributed by atoms with van der Waals surface area (Å²) >= 11 is 0. The average molecular weight is 269 g/mol. The first-order valence-electron chi connectivity index (χ1n) is 6.29. The molecule has 0 unspecified atom stereocenters. The molecule has 0 saturated heterocycles. The molecular weight excluding hydrogens is 250 g/mol. The summed E-state index contributed by atoms with van der Waals surface area (Å²) in [4.78, 5) is 22.4. The van der Waals surface area contributed by atoms with Crippen molar-refractivity contribution in [2.24, 2.45) is 0 Å². The van der Waals surface area contributed by atoms with Crippen LogP contribution in [0.1, 0.15) is 35.9 Å². The molecule has 0 saturated carbocycles. The molecule has 106 valence electrons. The van der Waals surface area contributed by atoms with Gasteiger partial charge in [0.1, 0.15) is 12.2 Å². The summed E-state index contributed by atoms with van der Waals surface area (Å²) in [6, 6.07) is 1.46. The minimum atomic E-state index is -1.04. The Balaban J connectivity index is 2.33. The molecule has 1 aromatic rings. The second-order valence-electron chi connectivity index (χ2n) is 4.05. The quantitative estimate of drug-likeness (QED) is 0.662. The van der Waals surface area contributed by atoms with Gasteiger partial charge in [0.2, 0.25) is 0 Å². The highest BCUT2D eigenvalue weighted by Crippen LogP contribution is 2.11. The van der Waals surface area contributed by atoms with Crippen molar-refractivity contribution in [1.29, 1.82) is 0 Å². The maximum Gasteiger partial charge on any atom is 0.311 e. The third-order valence-electron chi connectivity index (χ3n) is 2.48. The highest BCUT2D eigenvalue weighted by Gasteiger charge is 2.16. The molecule has 0 atom stereocenters. The maximum atomic E-state index is 11.8. The Hall–Kier alpha value is -1.82. The van der Waals surface area contributed by atoms with E-state index < -0.39 is 5.97 Å². The number of hydrogen-bond donors (Lipinski definition) is 2. The first-order valence-corrected chi connectivity index (χ1v) is 6.29. The van der Waals surface area contributed by atoms with Gasteiger partial charge in [0, 0.05) is 13.2 Å². The molecule has 0 aliphatic carbocycles. The number of rotatable bonds is 9. The van der Waals surface area contributed by atoms with E-state index >= 15 is 0 Å². The van der Waals surface area contributed by atoms with E-state index in [-0.39, 0.29) is 23.7 Å². The Morgan fingerprint density at radius 1 is 1.42 bits per heavy atom. The number of unbranched alkanes of at least 4 members (excludes halogenated alkanes) is 1. The van der Waals surface area contributed by atoms with E-state index in [4.69, 9.17) is 14.3 Å². The van der Waals surface area contributed by atoms with Crippen LogP contribution in [0.25, 0.3) is 0 Å². The van der Waals surface area contributed by atoms with Crippen LogP contribution in [0.5, 0.6) is 0 Å². The van der Waals surface area contributed by atoms with Crippen molar-refractivity contribution in [2.75, 3.05) is 19.8 Å². The zero-order chi connectivity index (χ0) is 14.1. The summed E-state index contributed by atoms with van der Waals surface area (Å²) in [5, 5.41) is 11.3. The van der Waals surface area contributed by atoms with Gasteiger partial charge >= 0.3 is 5.97 Å². The number of aliphatic carboxylic acids is 1. The maximum absolute atomic E-state index is 11.8. The number of nitrogens with one attached hydrogen (secondary N) is 1. The monoisotopic (exact) mass is 269 g/mol. The lowest BCUT2D eigenvalue weighted by atomic mass is 10.2. The lowest BCUT2D eigenvalue weighted by molar-refractivity contribution is -0.136. The molecule has 1 aromatic heterocycles. The van der Waals surface area contributed by atoms with Crippen LogP contribution in [0.3, 0.4) is 0 Å². The van der Waals surface area contributed by atoms with Crippen LogP contribution in [-0.4, -0.2) is 36.7 Å². The number of furan rings is 1. The van der Waals surface area contributed by atoms with Gasteiger partial charge in [0.15, 0.2) is 0 Å². The molecule has 1 rings (SSSR count). The molecule has 1 amide bonds. The van der Waals surface area contributed by atoms with Gasteiger partial charge in [-0.1, -0.05) is 13.3 Å². The fourth-order valence-electron chi connectivity index (χ4n) is 1.50. The van der Waals surface area contributed by atoms with Gasteiger partial charge in [-0.25, -0.2) is 0 Å². The van der Waals surface area contributed by atoms with Gasteiger partial charge in [-0.15, -0.1) is 0 Å². The predicted molar refractivity (Wildman–Crippen MR) is 68.1 cm³/mol. The minimum Gasteiger partial charge on any atom is -0.481 e. The summed E-state index contributed by atoms with van der Waals surface area (Å²) in [6.07, 6.45) is 3.08. The van der Waals surface area contributed by atoms with Crippen LogP contribution in [0.4, 0.5) is 0 Å². The predicted octanol–water partition coefficient (Wildman–Crippen LogP) is 1.45. The lowest BCUT2D eigenvalue weighted by Gasteiger charge is -2.05. The molecule has 0 radical (unpaired) electrons. The van der Waals surface area contributed by atoms with Crippen LogP contribution >= 0.6 is 0 Å². The van der Waals surface area contributed by atoms with Crippen molar-refractivity contribution in [2.45, 2.75) is 26.2 Å². The molecule has 6 nitrogen and oxygen atoms in total. The fourth-order valence-corrected chi connectivity index (χ4v) is 1.50. The van der Waals surface area contributed by atoms with Gasteiger partial charge in [-0.05, 0) is 12.5 Å². The fraction of sp³-hybridized carbons (Fsp3) is 0.538. The van der Waals surface area contributed by atoms with Crippen LogP contribution in [-0.2, 0) is 16.0 Å². The largest absolute Gasteiger partial charge is 0.481 e. The number of ether oxygens (including phenoxy) is 1. The van der Waals surface area contributed by atoms with Crippen molar-refractivity contribution < 1.29 is 23.8 Å². The molecule has 0 spiro atoms. The molecule has 0 bridgehead atoms. The van der Waals surface area contributed by atoms with Crippen LogP contribution in [0.2, 0.25) is 0 Å². The molecule has 1 heterocycles. The highest BCUT2D eigenvalue weighted by molar-refractivity contribution is 5.95. The second-order valence-corrected chi connectivity index (χ2v) is 4.05. The smallest absolute Gasteiger partial charge is 0.311 e. The van der Waals surface area contributed by atoms with E-state index in [1.165, 1.54) is 12.3 Å². The van der Waals surface area contributed by atoms with Crippen molar-refractivity contribution in [3.05, 3.63) is 23.7 Å². The summed E-state index contributed by atoms with van der Waals surface area (Å²) in [6.45, 7) is 3.59. The number of carboxylic acids is 1. The first-order chi connectivity index (χ1) is 9.15. The topological polar surface area (TPSA) is 88.8 Å². The van der Waals surface area contributed by atoms with Gasteiger partial charge in [-0.3, -0.25) is 9.59 Å². The van der Waals surface area contributed by atoms with Gasteiger partial charge in [-0.2, -0.15) is 0 Å². The van der Waals surface area contributed by atoms with E-state index in [9.17, 15) is 9.59 Å². The zero-order valence-corrected chi connectivity index (χ0v) is 11.0. The highest BCUT2D eigenvalue weighted by atomic mass is 16.5. The molecule has 2 N–H and O–H groups in total. The number of hydrogen-bond acceptors (Lipinski definition) is 4. The summed E-state index contributed by atoms with van der Waals surface area (Å²) < 4.78 is 10.3. The SMILES string of the molecule is CCCCOCCNC(=O)c1ccoc1CC(=O)O. The van der Waals surface area contributed by atoms with Crippen LogP contribution in [0, 0.1) is 0 Å². The Kier molecular flexibility index (Phi) is 6.67. The van der Waals surface area contributed by atoms with E-state index in [1.54, 1.807) is 0 Å². The van der Waals surface area contributed by atoms with Crippen LogP contribution < -0.4 is 5.32 Å². The number of carbonyl (C=O) groups excluding carboxylic acids is 1. The third kappa shape index (κ3) is 5.56. The molecule has 0 fully saturated rings. The van der Waals surface area contributed by atoms with Gasteiger partial charge < -0.3 is 19.6 Å². The van der Waals surface area contributed by atoms with Crippen molar-refractivity contribution in [3.63, 3.8) is 0 Å². The summed E-state index contributed by atoms with van der Waals surface area (Å²) in [7, 11) is 0. The number of amides is 1. The molecule has 19 heavy (non-hydrogen) atoms. The Morgan fingerprint density at radius 2 is 2.21 bits per heavy atom. The van der Waals surface area contributed by atoms with E-state index in [0.29, 0.717) is 19.8 Å². The Morgan fingerprint density at radius 3 is 2.89 bits per heavy atom. The van der Waals surface area contributed by atoms with Gasteiger partial charge in [0.05, 0.1) is 18.4 Å². The van der Waals surface area contributed by atoms with Crippen molar-refractivity contribution in [3.8, 4) is 0 Å². The van der Waals surface area contributed by atoms with E-state index in [2.05, 4.69) is 12.2 Å². The Bertz CT molecular complexity index is 413. The molecule has 6 heteroatoms. The zero-order valence-electron chi connectivity index (χ0n) is 11.0. The first kappa shape index (κ1) is 15.2. The van der Waals surface area contributed by atoms with Crippen LogP contribution in [0.15, 0.2) is 16.7 Å². The lowest BCUT2D eigenvalue weighted by Crippen LogP contribution is -2.28. The average Bonchev–Trinajstić information content (AvgIpc) is 2.80. The normalized spacial score (nSPS) is 10.4. The minimum absolute atomic E-state index is 0.164. The van der Waals surface area contributed by atoms with Gasteiger partial charge in [0.25, 0.3) is 5.91 Å². The molecule has 0 aliphatic heterocycles. The third-order valence-corrected chi connectivity index (χ3v) is 2.48. The number of carboxylic acid groups (broad SMARTS) is 1. The number of carbonyl (C=O) groups is 2. The van der Waals surface area contributed by atoms with Crippen molar-refractivity contribution >= 4 is 11.9 Å². The van der Waals surface area contributed by atoms with E-state index in [0.717, 1.165) is 12.8 Å². The summed E-state index contributed by atoms with van der Waals surface area (Å²) in [5.41, 5.74) is 0.260. The standard InChI is InChI=1S/C13H19NO5/c1-2-3-6-18-8-5-14-13(17)10-4-7-19-11(10)9-12(15)16/h4,7H,2-3,5-6,8-9H2,1H3,(H,14,17)(H,15,16). The Labute approximate surface area is 111 Å². The van der Waals surface area contributed by atoms with Crippen molar-refractivity contribution in [1.82, 2.24) is 5.32 Å². The molecule has 0 aromatic carbocycles.